The molecule has 25 heavy (non-hydrogen) atoms. The molecule has 1 aliphatic carbocycles. The van der Waals surface area contributed by atoms with Crippen molar-refractivity contribution in [3.63, 3.8) is 0 Å². The summed E-state index contributed by atoms with van der Waals surface area (Å²) in [5, 5.41) is 9.88. The van der Waals surface area contributed by atoms with Crippen LogP contribution in [0.4, 0.5) is 0 Å². The van der Waals surface area contributed by atoms with Gasteiger partial charge in [-0.15, -0.1) is 0 Å². The van der Waals surface area contributed by atoms with E-state index >= 15 is 0 Å². The van der Waals surface area contributed by atoms with E-state index in [1.54, 1.807) is 0 Å². The molecule has 0 aromatic carbocycles. The van der Waals surface area contributed by atoms with Crippen molar-refractivity contribution >= 4 is 5.97 Å². The molecule has 0 fully saturated rings. The lowest BCUT2D eigenvalue weighted by atomic mass is 9.73. The highest BCUT2D eigenvalue weighted by Gasteiger charge is 2.26. The van der Waals surface area contributed by atoms with Crippen molar-refractivity contribution in [2.45, 2.75) is 60.5 Å². The molecule has 1 aliphatic rings. The third kappa shape index (κ3) is 7.27. The van der Waals surface area contributed by atoms with Gasteiger partial charge >= 0.3 is 5.97 Å². The van der Waals surface area contributed by atoms with Crippen LogP contribution >= 0.6 is 0 Å². The van der Waals surface area contributed by atoms with E-state index in [0.29, 0.717) is 0 Å². The third-order valence-corrected chi connectivity index (χ3v) is 4.58. The molecule has 0 amide bonds. The topological polar surface area (TPSA) is 46.5 Å². The molecule has 3 heteroatoms. The number of rotatable bonds is 6. The summed E-state index contributed by atoms with van der Waals surface area (Å²) >= 11 is 0. The van der Waals surface area contributed by atoms with Crippen molar-refractivity contribution in [2.24, 2.45) is 5.41 Å². The highest BCUT2D eigenvalue weighted by atomic mass is 16.5. The summed E-state index contributed by atoms with van der Waals surface area (Å²) in [4.78, 5) is 10.8. The number of carbonyl (C=O) groups excluding carboxylic acids is 1. The van der Waals surface area contributed by atoms with Crippen molar-refractivity contribution in [3.8, 4) is 0 Å². The molecular weight excluding hydrogens is 312 g/mol. The Balaban J connectivity index is 2.74. The molecule has 0 aromatic heterocycles. The van der Waals surface area contributed by atoms with Gasteiger partial charge in [0.15, 0.2) is 0 Å². The van der Waals surface area contributed by atoms with Crippen LogP contribution in [-0.2, 0) is 9.53 Å². The van der Waals surface area contributed by atoms with E-state index in [1.165, 1.54) is 24.5 Å². The van der Waals surface area contributed by atoms with Crippen LogP contribution in [0.25, 0.3) is 0 Å². The summed E-state index contributed by atoms with van der Waals surface area (Å²) in [5.74, 6) is -0.385. The van der Waals surface area contributed by atoms with Crippen molar-refractivity contribution in [2.75, 3.05) is 6.61 Å². The van der Waals surface area contributed by atoms with Crippen LogP contribution in [0.15, 0.2) is 58.7 Å². The largest absolute Gasteiger partial charge is 0.463 e. The monoisotopic (exact) mass is 344 g/mol. The van der Waals surface area contributed by atoms with Crippen LogP contribution in [0.1, 0.15) is 54.4 Å². The molecule has 138 valence electrons. The maximum absolute atomic E-state index is 10.8. The Bertz CT molecular complexity index is 628. The van der Waals surface area contributed by atoms with Crippen molar-refractivity contribution < 1.29 is 14.6 Å². The van der Waals surface area contributed by atoms with Crippen molar-refractivity contribution in [3.05, 3.63) is 58.7 Å². The van der Waals surface area contributed by atoms with E-state index < -0.39 is 6.10 Å². The Morgan fingerprint density at radius 2 is 2.00 bits per heavy atom. The molecule has 0 aliphatic heterocycles. The maximum atomic E-state index is 10.8. The van der Waals surface area contributed by atoms with Crippen LogP contribution in [0.2, 0.25) is 0 Å². The Morgan fingerprint density at radius 1 is 1.32 bits per heavy atom. The van der Waals surface area contributed by atoms with Crippen LogP contribution < -0.4 is 0 Å². The Hall–Kier alpha value is -1.87. The van der Waals surface area contributed by atoms with Gasteiger partial charge in [-0.3, -0.25) is 4.79 Å². The lowest BCUT2D eigenvalue weighted by Gasteiger charge is -2.32. The lowest BCUT2D eigenvalue weighted by Crippen LogP contribution is -2.18. The fourth-order valence-corrected chi connectivity index (χ4v) is 2.85. The normalized spacial score (nSPS) is 21.4. The summed E-state index contributed by atoms with van der Waals surface area (Å²) in [6.45, 7) is 12.0. The number of aliphatic hydroxyl groups is 1. The summed E-state index contributed by atoms with van der Waals surface area (Å²) in [7, 11) is 0. The van der Waals surface area contributed by atoms with E-state index in [-0.39, 0.29) is 18.0 Å². The number of ether oxygens (including phenoxy) is 1. The quantitative estimate of drug-likeness (QED) is 0.541. The van der Waals surface area contributed by atoms with Gasteiger partial charge < -0.3 is 9.84 Å². The van der Waals surface area contributed by atoms with Gasteiger partial charge in [-0.05, 0) is 50.2 Å². The number of allylic oxidation sites excluding steroid dienone is 9. The van der Waals surface area contributed by atoms with Gasteiger partial charge in [-0.2, -0.15) is 0 Å². The van der Waals surface area contributed by atoms with Gasteiger partial charge in [0.05, 0.1) is 0 Å². The summed E-state index contributed by atoms with van der Waals surface area (Å²) in [6.07, 6.45) is 14.0. The molecule has 0 aromatic rings. The van der Waals surface area contributed by atoms with Crippen molar-refractivity contribution in [1.29, 1.82) is 0 Å². The average Bonchev–Trinajstić information content (AvgIpc) is 2.51. The minimum Gasteiger partial charge on any atom is -0.463 e. The molecule has 0 saturated heterocycles. The van der Waals surface area contributed by atoms with E-state index in [4.69, 9.17) is 4.74 Å². The van der Waals surface area contributed by atoms with E-state index in [0.717, 1.165) is 17.6 Å². The molecule has 0 spiro atoms. The maximum Gasteiger partial charge on any atom is 0.302 e. The second kappa shape index (κ2) is 9.57. The van der Waals surface area contributed by atoms with Crippen LogP contribution in [-0.4, -0.2) is 23.8 Å². The predicted octanol–water partition coefficient (Wildman–Crippen LogP) is 5.05. The molecule has 3 nitrogen and oxygen atoms in total. The zero-order valence-corrected chi connectivity index (χ0v) is 16.4. The van der Waals surface area contributed by atoms with Gasteiger partial charge in [0, 0.05) is 6.92 Å². The number of aliphatic hydroxyl groups excluding tert-OH is 1. The predicted molar refractivity (Wildman–Crippen MR) is 104 cm³/mol. The first-order valence-corrected chi connectivity index (χ1v) is 8.86. The first-order chi connectivity index (χ1) is 11.6. The standard InChI is InChI=1S/C22H32O3/c1-16(9-7-10-18(3)21(24)15-25-19(4)23)12-13-20-17(2)11-8-14-22(20,5)6/h7,9-13,21,24H,8,14-15H2,1-6H3/b9-7+,16-12+,18-10+,20-13+. The Morgan fingerprint density at radius 3 is 2.60 bits per heavy atom. The smallest absolute Gasteiger partial charge is 0.302 e. The highest BCUT2D eigenvalue weighted by Crippen LogP contribution is 2.40. The van der Waals surface area contributed by atoms with Gasteiger partial charge in [-0.1, -0.05) is 61.4 Å². The van der Waals surface area contributed by atoms with Crippen LogP contribution in [0.5, 0.6) is 0 Å². The molecule has 1 atom stereocenters. The van der Waals surface area contributed by atoms with E-state index in [9.17, 15) is 9.90 Å². The van der Waals surface area contributed by atoms with Gasteiger partial charge in [0.1, 0.15) is 12.7 Å². The number of esters is 1. The molecule has 0 radical (unpaired) electrons. The van der Waals surface area contributed by atoms with Crippen molar-refractivity contribution in [1.82, 2.24) is 0 Å². The molecule has 0 saturated carbocycles. The van der Waals surface area contributed by atoms with Gasteiger partial charge in [0.25, 0.3) is 0 Å². The SMILES string of the molecule is CC(=O)OCC(O)/C(C)=C/C=C/C(C)=C/C=C1\C(C)=CCCC1(C)C. The fraction of sp³-hybridized carbons (Fsp3) is 0.500. The molecule has 1 unspecified atom stereocenters. The van der Waals surface area contributed by atoms with Crippen LogP contribution in [0.3, 0.4) is 0 Å². The summed E-state index contributed by atoms with van der Waals surface area (Å²) in [5.41, 5.74) is 4.89. The average molecular weight is 344 g/mol. The zero-order chi connectivity index (χ0) is 19.0. The zero-order valence-electron chi connectivity index (χ0n) is 16.4. The third-order valence-electron chi connectivity index (χ3n) is 4.58. The Labute approximate surface area is 152 Å². The number of carbonyl (C=O) groups is 1. The first kappa shape index (κ1) is 21.2. The highest BCUT2D eigenvalue weighted by molar-refractivity contribution is 5.65. The van der Waals surface area contributed by atoms with Gasteiger partial charge in [0.2, 0.25) is 0 Å². The second-order valence-corrected chi connectivity index (χ2v) is 7.39. The molecule has 1 rings (SSSR count). The minimum atomic E-state index is -0.768. The van der Waals surface area contributed by atoms with Crippen LogP contribution in [0, 0.1) is 5.41 Å². The minimum absolute atomic E-state index is 0.00683. The summed E-state index contributed by atoms with van der Waals surface area (Å²) in [6, 6.07) is 0. The molecular formula is C22H32O3. The Kier molecular flexibility index (Phi) is 8.11. The first-order valence-electron chi connectivity index (χ1n) is 8.86. The summed E-state index contributed by atoms with van der Waals surface area (Å²) < 4.78 is 4.81. The van der Waals surface area contributed by atoms with Gasteiger partial charge in [-0.25, -0.2) is 0 Å². The number of hydrogen-bond acceptors (Lipinski definition) is 3. The number of hydrogen-bond donors (Lipinski definition) is 1. The molecule has 1 N–H and O–H groups in total. The molecule has 0 bridgehead atoms. The molecule has 0 heterocycles. The second-order valence-electron chi connectivity index (χ2n) is 7.39. The van der Waals surface area contributed by atoms with E-state index in [1.807, 2.05) is 25.2 Å². The lowest BCUT2D eigenvalue weighted by molar-refractivity contribution is -0.143. The van der Waals surface area contributed by atoms with E-state index in [2.05, 4.69) is 45.9 Å². The fourth-order valence-electron chi connectivity index (χ4n) is 2.85.